The van der Waals surface area contributed by atoms with Crippen LogP contribution in [0.4, 0.5) is 0 Å². The van der Waals surface area contributed by atoms with Gasteiger partial charge in [0.2, 0.25) is 0 Å². The minimum Gasteiger partial charge on any atom is -0.314 e. The fourth-order valence-corrected chi connectivity index (χ4v) is 0.264. The molecule has 0 bridgehead atoms. The quantitative estimate of drug-likeness (QED) is 0.326. The lowest BCUT2D eigenvalue weighted by Gasteiger charge is -1.99. The van der Waals surface area contributed by atoms with E-state index in [0.29, 0.717) is 0 Å². The Hall–Kier alpha value is -0.0200. The van der Waals surface area contributed by atoms with Gasteiger partial charge in [-0.3, -0.25) is 4.52 Å². The molecule has 1 unspecified atom stereocenters. The van der Waals surface area contributed by atoms with E-state index in [9.17, 15) is 4.57 Å². The van der Waals surface area contributed by atoms with Gasteiger partial charge in [0.05, 0.1) is 0 Å². The van der Waals surface area contributed by atoms with E-state index in [4.69, 9.17) is 5.21 Å². The monoisotopic (exact) mass is 123 g/mol. The number of hydrogen-bond acceptors (Lipinski definition) is 4. The highest BCUT2D eigenvalue weighted by Gasteiger charge is 1.93. The van der Waals surface area contributed by atoms with Gasteiger partial charge >= 0.3 is 8.69 Å². The van der Waals surface area contributed by atoms with Gasteiger partial charge in [-0.15, -0.1) is 0 Å². The van der Waals surface area contributed by atoms with Crippen LogP contribution in [0.1, 0.15) is 6.92 Å². The second-order valence-electron chi connectivity index (χ2n) is 0.951. The van der Waals surface area contributed by atoms with E-state index in [-0.39, 0.29) is 0 Å². The molecular weight excluding hydrogens is 117 g/mol. The summed E-state index contributed by atoms with van der Waals surface area (Å²) in [6.07, 6.45) is -0.570. The molecule has 0 amide bonds. The molecule has 0 saturated carbocycles. The summed E-state index contributed by atoms with van der Waals surface area (Å²) in [5.74, 6) is 0. The van der Waals surface area contributed by atoms with Crippen LogP contribution in [-0.4, -0.2) is 11.4 Å². The van der Waals surface area contributed by atoms with Crippen molar-refractivity contribution >= 4 is 8.69 Å². The zero-order chi connectivity index (χ0) is 5.70. The molecule has 0 aromatic carbocycles. The summed E-state index contributed by atoms with van der Waals surface area (Å²) in [7, 11) is -0.433. The van der Waals surface area contributed by atoms with Crippen LogP contribution in [0.3, 0.4) is 0 Å². The zero-order valence-corrected chi connectivity index (χ0v) is 4.68. The van der Waals surface area contributed by atoms with Gasteiger partial charge in [-0.1, -0.05) is 0 Å². The van der Waals surface area contributed by atoms with Crippen molar-refractivity contribution in [3.8, 4) is 0 Å². The number of nitrogens with one attached hydrogen (secondary N) is 1. The molecule has 7 heavy (non-hydrogen) atoms. The second-order valence-corrected chi connectivity index (χ2v) is 1.31. The lowest BCUT2D eigenvalue weighted by Crippen LogP contribution is -2.21. The minimum atomic E-state index is -0.570. The second kappa shape index (κ2) is 4.15. The molecule has 1 atom stereocenters. The Bertz CT molecular complexity index is 58.9. The van der Waals surface area contributed by atoms with Crippen LogP contribution in [0, 0.1) is 0 Å². The number of hydroxylamine groups is 1. The molecule has 0 aromatic rings. The third-order valence-corrected chi connectivity index (χ3v) is 0.785. The highest BCUT2D eigenvalue weighted by molar-refractivity contribution is 7.17. The Morgan fingerprint density at radius 1 is 2.00 bits per heavy atom. The normalized spacial score (nSPS) is 14.6. The molecule has 5 heteroatoms. The fourth-order valence-electron chi connectivity index (χ4n) is 0.0881. The molecule has 4 nitrogen and oxygen atoms in total. The first-order chi connectivity index (χ1) is 3.31. The first-order valence-corrected chi connectivity index (χ1v) is 2.42. The van der Waals surface area contributed by atoms with Crippen LogP contribution in [-0.2, 0) is 9.09 Å². The van der Waals surface area contributed by atoms with Crippen LogP contribution < -0.4 is 5.48 Å². The Kier molecular flexibility index (Phi) is 4.14. The van der Waals surface area contributed by atoms with Crippen molar-refractivity contribution < 1.29 is 14.3 Å². The van der Waals surface area contributed by atoms with E-state index < -0.39 is 14.9 Å². The van der Waals surface area contributed by atoms with Crippen molar-refractivity contribution in [2.24, 2.45) is 0 Å². The van der Waals surface area contributed by atoms with Crippen molar-refractivity contribution in [2.45, 2.75) is 13.2 Å². The summed E-state index contributed by atoms with van der Waals surface area (Å²) in [5, 5.41) is 7.95. The molecule has 0 fully saturated rings. The van der Waals surface area contributed by atoms with Gasteiger partial charge in [-0.2, -0.15) is 5.48 Å². The molecule has 0 aliphatic heterocycles. The lowest BCUT2D eigenvalue weighted by molar-refractivity contribution is 0.0378. The third kappa shape index (κ3) is 3.82. The van der Waals surface area contributed by atoms with Crippen LogP contribution in [0.25, 0.3) is 0 Å². The first-order valence-electron chi connectivity index (χ1n) is 1.69. The van der Waals surface area contributed by atoms with Crippen LogP contribution in [0.2, 0.25) is 0 Å². The predicted molar refractivity (Wildman–Crippen MR) is 23.1 cm³/mol. The van der Waals surface area contributed by atoms with Gasteiger partial charge in [-0.25, -0.2) is 4.57 Å². The van der Waals surface area contributed by atoms with Crippen LogP contribution >= 0.6 is 8.69 Å². The zero-order valence-electron chi connectivity index (χ0n) is 3.79. The van der Waals surface area contributed by atoms with E-state index in [2.05, 4.69) is 4.52 Å². The van der Waals surface area contributed by atoms with E-state index in [1.54, 1.807) is 5.48 Å². The minimum absolute atomic E-state index is 0.433. The van der Waals surface area contributed by atoms with Crippen molar-refractivity contribution in [2.75, 3.05) is 0 Å². The molecule has 0 aliphatic carbocycles. The highest BCUT2D eigenvalue weighted by Crippen LogP contribution is 1.96. The van der Waals surface area contributed by atoms with Gasteiger partial charge in [0.25, 0.3) is 0 Å². The molecule has 0 heterocycles. The Balaban J connectivity index is 2.98. The summed E-state index contributed by atoms with van der Waals surface area (Å²) < 4.78 is 13.7. The average Bonchev–Trinajstić information content (AvgIpc) is 1.68. The summed E-state index contributed by atoms with van der Waals surface area (Å²) in [6.45, 7) is 1.52. The lowest BCUT2D eigenvalue weighted by atomic mass is 10.7. The van der Waals surface area contributed by atoms with Crippen molar-refractivity contribution in [3.63, 3.8) is 0 Å². The smallest absolute Gasteiger partial charge is 0.314 e. The first kappa shape index (κ1) is 6.98. The summed E-state index contributed by atoms with van der Waals surface area (Å²) in [6, 6.07) is 0. The molecule has 42 valence electrons. The molecule has 0 saturated heterocycles. The Morgan fingerprint density at radius 3 is 2.71 bits per heavy atom. The number of hydrogen-bond donors (Lipinski definition) is 2. The third-order valence-electron chi connectivity index (χ3n) is 0.383. The van der Waals surface area contributed by atoms with E-state index in [1.165, 1.54) is 6.92 Å². The molecule has 0 aliphatic rings. The fraction of sp³-hybridized carbons (Fsp3) is 1.00. The Morgan fingerprint density at radius 2 is 2.57 bits per heavy atom. The maximum Gasteiger partial charge on any atom is 0.329 e. The van der Waals surface area contributed by atoms with Gasteiger partial charge in [0.1, 0.15) is 6.23 Å². The summed E-state index contributed by atoms with van der Waals surface area (Å²) in [5.41, 5.74) is 1.74. The SMILES string of the molecule is CC(NO)OP=O. The van der Waals surface area contributed by atoms with Crippen LogP contribution in [0.15, 0.2) is 0 Å². The largest absolute Gasteiger partial charge is 0.329 e. The van der Waals surface area contributed by atoms with Gasteiger partial charge in [0, 0.05) is 0 Å². The summed E-state index contributed by atoms with van der Waals surface area (Å²) >= 11 is 0. The van der Waals surface area contributed by atoms with Crippen molar-refractivity contribution in [3.05, 3.63) is 0 Å². The molecule has 0 rings (SSSR count). The van der Waals surface area contributed by atoms with Gasteiger partial charge < -0.3 is 5.21 Å². The van der Waals surface area contributed by atoms with E-state index in [0.717, 1.165) is 0 Å². The van der Waals surface area contributed by atoms with Crippen LogP contribution in [0.5, 0.6) is 0 Å². The topological polar surface area (TPSA) is 58.6 Å². The molecular formula is C2H6NO3P. The van der Waals surface area contributed by atoms with Gasteiger partial charge in [0.15, 0.2) is 0 Å². The highest BCUT2D eigenvalue weighted by atomic mass is 31.1. The molecule has 0 radical (unpaired) electrons. The summed E-state index contributed by atoms with van der Waals surface area (Å²) in [4.78, 5) is 0. The maximum atomic E-state index is 9.50. The number of rotatable bonds is 3. The molecule has 2 N–H and O–H groups in total. The van der Waals surface area contributed by atoms with E-state index >= 15 is 0 Å². The standard InChI is InChI=1S/C2H6NO3P/c1-2(3-4)6-7-5/h2-4H,1H3. The predicted octanol–water partition coefficient (Wildman–Crippen LogP) is 0.535. The average molecular weight is 123 g/mol. The van der Waals surface area contributed by atoms with Gasteiger partial charge in [-0.05, 0) is 6.92 Å². The molecule has 0 spiro atoms. The molecule has 0 aromatic heterocycles. The van der Waals surface area contributed by atoms with Crippen molar-refractivity contribution in [1.82, 2.24) is 5.48 Å². The van der Waals surface area contributed by atoms with E-state index in [1.807, 2.05) is 0 Å². The van der Waals surface area contributed by atoms with Crippen molar-refractivity contribution in [1.29, 1.82) is 0 Å². The maximum absolute atomic E-state index is 9.50. The Labute approximate surface area is 42.7 Å².